The number of nitrogens with zero attached hydrogens (tertiary/aromatic N) is 4. The standard InChI is InChI=1S/C11H16N4O3S/c1-7(2)15-6-12-13-11(15)19-5-9(16)14-3-8(4-14)10(17)18/h6-8H,3-5H2,1-2H3,(H,17,18). The fraction of sp³-hybridized carbons (Fsp3) is 0.636. The summed E-state index contributed by atoms with van der Waals surface area (Å²) in [7, 11) is 0. The fourth-order valence-electron chi connectivity index (χ4n) is 1.75. The minimum Gasteiger partial charge on any atom is -0.481 e. The first-order valence-electron chi connectivity index (χ1n) is 6.02. The average Bonchev–Trinajstić information content (AvgIpc) is 2.71. The first-order chi connectivity index (χ1) is 8.99. The largest absolute Gasteiger partial charge is 0.481 e. The van der Waals surface area contributed by atoms with Crippen LogP contribution >= 0.6 is 11.8 Å². The molecule has 1 aromatic heterocycles. The van der Waals surface area contributed by atoms with Gasteiger partial charge < -0.3 is 14.6 Å². The molecule has 0 spiro atoms. The first-order valence-corrected chi connectivity index (χ1v) is 7.00. The molecule has 0 saturated carbocycles. The number of carbonyl (C=O) groups excluding carboxylic acids is 1. The van der Waals surface area contributed by atoms with Crippen LogP contribution in [0.3, 0.4) is 0 Å². The van der Waals surface area contributed by atoms with E-state index in [1.54, 1.807) is 11.2 Å². The van der Waals surface area contributed by atoms with Gasteiger partial charge in [0.15, 0.2) is 5.16 Å². The summed E-state index contributed by atoms with van der Waals surface area (Å²) >= 11 is 1.33. The van der Waals surface area contributed by atoms with E-state index in [1.165, 1.54) is 11.8 Å². The van der Waals surface area contributed by atoms with Crippen LogP contribution in [0.25, 0.3) is 0 Å². The predicted octanol–water partition coefficient (Wildman–Crippen LogP) is 0.494. The molecular weight excluding hydrogens is 268 g/mol. The van der Waals surface area contributed by atoms with Gasteiger partial charge in [-0.3, -0.25) is 9.59 Å². The molecule has 0 atom stereocenters. The van der Waals surface area contributed by atoms with Crippen LogP contribution in [-0.4, -0.2) is 55.5 Å². The fourth-order valence-corrected chi connectivity index (χ4v) is 2.69. The lowest BCUT2D eigenvalue weighted by atomic mass is 10.0. The zero-order chi connectivity index (χ0) is 14.0. The van der Waals surface area contributed by atoms with Crippen molar-refractivity contribution in [3.63, 3.8) is 0 Å². The maximum atomic E-state index is 11.8. The van der Waals surface area contributed by atoms with Crippen LogP contribution in [0.1, 0.15) is 19.9 Å². The SMILES string of the molecule is CC(C)n1cnnc1SCC(=O)N1CC(C(=O)O)C1. The Morgan fingerprint density at radius 1 is 1.53 bits per heavy atom. The van der Waals surface area contributed by atoms with Crippen molar-refractivity contribution < 1.29 is 14.7 Å². The highest BCUT2D eigenvalue weighted by Gasteiger charge is 2.35. The van der Waals surface area contributed by atoms with E-state index in [4.69, 9.17) is 5.11 Å². The summed E-state index contributed by atoms with van der Waals surface area (Å²) in [6.07, 6.45) is 1.64. The third-order valence-corrected chi connectivity index (χ3v) is 3.95. The maximum Gasteiger partial charge on any atom is 0.310 e. The lowest BCUT2D eigenvalue weighted by Crippen LogP contribution is -2.53. The van der Waals surface area contributed by atoms with E-state index in [1.807, 2.05) is 18.4 Å². The second-order valence-corrected chi connectivity index (χ2v) is 5.68. The Labute approximate surface area is 115 Å². The molecule has 1 aliphatic heterocycles. The summed E-state index contributed by atoms with van der Waals surface area (Å²) in [5, 5.41) is 17.2. The van der Waals surface area contributed by atoms with Crippen molar-refractivity contribution in [3.8, 4) is 0 Å². The number of carboxylic acids is 1. The molecule has 1 aliphatic rings. The van der Waals surface area contributed by atoms with Gasteiger partial charge in [0.1, 0.15) is 6.33 Å². The van der Waals surface area contributed by atoms with Crippen molar-refractivity contribution in [2.45, 2.75) is 25.0 Å². The molecule has 0 unspecified atom stereocenters. The molecule has 8 heteroatoms. The minimum absolute atomic E-state index is 0.0548. The molecule has 0 bridgehead atoms. The molecule has 2 rings (SSSR count). The highest BCUT2D eigenvalue weighted by Crippen LogP contribution is 2.22. The van der Waals surface area contributed by atoms with Gasteiger partial charge in [0.25, 0.3) is 0 Å². The number of likely N-dealkylation sites (tertiary alicyclic amines) is 1. The summed E-state index contributed by atoms with van der Waals surface area (Å²) < 4.78 is 1.90. The molecule has 19 heavy (non-hydrogen) atoms. The molecule has 104 valence electrons. The molecule has 0 aromatic carbocycles. The number of hydrogen-bond donors (Lipinski definition) is 1. The Hall–Kier alpha value is -1.57. The van der Waals surface area contributed by atoms with E-state index >= 15 is 0 Å². The highest BCUT2D eigenvalue weighted by atomic mass is 32.2. The first kappa shape index (κ1) is 13.9. The number of aliphatic carboxylic acids is 1. The maximum absolute atomic E-state index is 11.8. The van der Waals surface area contributed by atoms with Crippen molar-refractivity contribution in [3.05, 3.63) is 6.33 Å². The van der Waals surface area contributed by atoms with E-state index in [0.717, 1.165) is 0 Å². The Kier molecular flexibility index (Phi) is 4.08. The lowest BCUT2D eigenvalue weighted by molar-refractivity contribution is -0.151. The molecule has 1 amide bonds. The van der Waals surface area contributed by atoms with Crippen molar-refractivity contribution in [1.29, 1.82) is 0 Å². The molecule has 1 aromatic rings. The summed E-state index contributed by atoms with van der Waals surface area (Å²) in [5.74, 6) is -1.04. The van der Waals surface area contributed by atoms with Crippen molar-refractivity contribution >= 4 is 23.6 Å². The second-order valence-electron chi connectivity index (χ2n) is 4.74. The van der Waals surface area contributed by atoms with Crippen LogP contribution in [-0.2, 0) is 9.59 Å². The zero-order valence-electron chi connectivity index (χ0n) is 10.8. The predicted molar refractivity (Wildman–Crippen MR) is 68.8 cm³/mol. The molecule has 1 fully saturated rings. The monoisotopic (exact) mass is 284 g/mol. The summed E-state index contributed by atoms with van der Waals surface area (Å²) in [4.78, 5) is 24.0. The second kappa shape index (κ2) is 5.60. The topological polar surface area (TPSA) is 88.3 Å². The number of amides is 1. The van der Waals surface area contributed by atoms with E-state index in [0.29, 0.717) is 18.2 Å². The van der Waals surface area contributed by atoms with Crippen LogP contribution in [0, 0.1) is 5.92 Å². The van der Waals surface area contributed by atoms with Crippen LogP contribution in [0.5, 0.6) is 0 Å². The molecule has 1 saturated heterocycles. The number of thioether (sulfide) groups is 1. The van der Waals surface area contributed by atoms with Gasteiger partial charge in [0, 0.05) is 19.1 Å². The highest BCUT2D eigenvalue weighted by molar-refractivity contribution is 7.99. The van der Waals surface area contributed by atoms with E-state index in [9.17, 15) is 9.59 Å². The number of hydrogen-bond acceptors (Lipinski definition) is 5. The van der Waals surface area contributed by atoms with Gasteiger partial charge in [-0.25, -0.2) is 0 Å². The zero-order valence-corrected chi connectivity index (χ0v) is 11.6. The van der Waals surface area contributed by atoms with Crippen molar-refractivity contribution in [2.75, 3.05) is 18.8 Å². The molecular formula is C11H16N4O3S. The van der Waals surface area contributed by atoms with Crippen molar-refractivity contribution in [2.24, 2.45) is 5.92 Å². The molecule has 0 aliphatic carbocycles. The van der Waals surface area contributed by atoms with E-state index in [-0.39, 0.29) is 17.7 Å². The van der Waals surface area contributed by atoms with Gasteiger partial charge in [-0.1, -0.05) is 11.8 Å². The number of rotatable bonds is 5. The lowest BCUT2D eigenvalue weighted by Gasteiger charge is -2.36. The third-order valence-electron chi connectivity index (χ3n) is 3.00. The van der Waals surface area contributed by atoms with E-state index in [2.05, 4.69) is 10.2 Å². The van der Waals surface area contributed by atoms with Crippen LogP contribution in [0.15, 0.2) is 11.5 Å². The average molecular weight is 284 g/mol. The Balaban J connectivity index is 1.81. The Bertz CT molecular complexity index is 482. The van der Waals surface area contributed by atoms with E-state index < -0.39 is 11.9 Å². The molecule has 1 N–H and O–H groups in total. The molecule has 2 heterocycles. The van der Waals surface area contributed by atoms with Crippen LogP contribution < -0.4 is 0 Å². The summed E-state index contributed by atoms with van der Waals surface area (Å²) in [6.45, 7) is 4.65. The number of carbonyl (C=O) groups is 2. The summed E-state index contributed by atoms with van der Waals surface area (Å²) in [6, 6.07) is 0.244. The van der Waals surface area contributed by atoms with Crippen molar-refractivity contribution in [1.82, 2.24) is 19.7 Å². The van der Waals surface area contributed by atoms with Gasteiger partial charge in [0.05, 0.1) is 11.7 Å². The van der Waals surface area contributed by atoms with Crippen LogP contribution in [0.4, 0.5) is 0 Å². The molecule has 0 radical (unpaired) electrons. The van der Waals surface area contributed by atoms with Gasteiger partial charge in [-0.05, 0) is 13.8 Å². The normalized spacial score (nSPS) is 15.6. The van der Waals surface area contributed by atoms with Gasteiger partial charge in [-0.15, -0.1) is 10.2 Å². The smallest absolute Gasteiger partial charge is 0.310 e. The summed E-state index contributed by atoms with van der Waals surface area (Å²) in [5.41, 5.74) is 0. The molecule has 7 nitrogen and oxygen atoms in total. The van der Waals surface area contributed by atoms with Gasteiger partial charge in [-0.2, -0.15) is 0 Å². The van der Waals surface area contributed by atoms with Gasteiger partial charge >= 0.3 is 5.97 Å². The Morgan fingerprint density at radius 2 is 2.21 bits per heavy atom. The third kappa shape index (κ3) is 3.06. The van der Waals surface area contributed by atoms with Crippen LogP contribution in [0.2, 0.25) is 0 Å². The van der Waals surface area contributed by atoms with Gasteiger partial charge in [0.2, 0.25) is 5.91 Å². The Morgan fingerprint density at radius 3 is 2.79 bits per heavy atom. The number of aromatic nitrogens is 3. The number of carboxylic acid groups (broad SMARTS) is 1. The quantitative estimate of drug-likeness (QED) is 0.792. The minimum atomic E-state index is -0.837.